The molecular weight excluding hydrogens is 246 g/mol. The molecule has 0 atom stereocenters. The van der Waals surface area contributed by atoms with E-state index in [1.165, 1.54) is 37.2 Å². The summed E-state index contributed by atoms with van der Waals surface area (Å²) in [6, 6.07) is 0. The van der Waals surface area contributed by atoms with Crippen LogP contribution in [0.5, 0.6) is 0 Å². The van der Waals surface area contributed by atoms with Crippen LogP contribution in [-0.4, -0.2) is 28.6 Å². The average molecular weight is 269 g/mol. The first-order valence-corrected chi connectivity index (χ1v) is 7.53. The molecule has 102 valence electrons. The molecule has 1 aliphatic rings. The molecule has 0 aromatic carbocycles. The van der Waals surface area contributed by atoms with Gasteiger partial charge in [-0.1, -0.05) is 33.6 Å². The zero-order valence-electron chi connectivity index (χ0n) is 11.5. The minimum atomic E-state index is 0.0246. The average Bonchev–Trinajstić information content (AvgIpc) is 2.95. The number of hydrogen-bond donors (Lipinski definition) is 1. The molecule has 1 heterocycles. The fourth-order valence-electron chi connectivity index (χ4n) is 2.04. The standard InChI is InChI=1S/C13H23N3OS/c1-13(2,3)11-15-12(18-16-11)14-8-9-17-10-6-4-5-7-10/h10H,4-9H2,1-3H3,(H,14,15,16). The van der Waals surface area contributed by atoms with E-state index in [4.69, 9.17) is 4.74 Å². The van der Waals surface area contributed by atoms with Crippen molar-refractivity contribution < 1.29 is 4.74 Å². The molecule has 2 rings (SSSR count). The third-order valence-corrected chi connectivity index (χ3v) is 3.80. The molecule has 1 fully saturated rings. The summed E-state index contributed by atoms with van der Waals surface area (Å²) in [7, 11) is 0. The predicted molar refractivity (Wildman–Crippen MR) is 75.3 cm³/mol. The predicted octanol–water partition coefficient (Wildman–Crippen LogP) is 3.21. The van der Waals surface area contributed by atoms with Crippen LogP contribution in [0.4, 0.5) is 5.13 Å². The minimum absolute atomic E-state index is 0.0246. The van der Waals surface area contributed by atoms with Crippen LogP contribution < -0.4 is 5.32 Å². The first-order chi connectivity index (χ1) is 8.55. The summed E-state index contributed by atoms with van der Waals surface area (Å²) in [5.41, 5.74) is 0.0246. The summed E-state index contributed by atoms with van der Waals surface area (Å²) in [6.45, 7) is 7.95. The number of aromatic nitrogens is 2. The van der Waals surface area contributed by atoms with Crippen molar-refractivity contribution in [2.24, 2.45) is 0 Å². The smallest absolute Gasteiger partial charge is 0.202 e. The minimum Gasteiger partial charge on any atom is -0.376 e. The molecule has 1 aromatic rings. The summed E-state index contributed by atoms with van der Waals surface area (Å²) in [4.78, 5) is 4.49. The van der Waals surface area contributed by atoms with Gasteiger partial charge in [0.25, 0.3) is 0 Å². The van der Waals surface area contributed by atoms with Gasteiger partial charge in [-0.15, -0.1) is 0 Å². The van der Waals surface area contributed by atoms with E-state index < -0.39 is 0 Å². The molecule has 5 heteroatoms. The van der Waals surface area contributed by atoms with Crippen LogP contribution in [0.15, 0.2) is 0 Å². The van der Waals surface area contributed by atoms with Gasteiger partial charge in [0.15, 0.2) is 0 Å². The van der Waals surface area contributed by atoms with E-state index in [1.807, 2.05) is 0 Å². The zero-order valence-corrected chi connectivity index (χ0v) is 12.3. The highest BCUT2D eigenvalue weighted by Gasteiger charge is 2.19. The van der Waals surface area contributed by atoms with Gasteiger partial charge in [0.1, 0.15) is 5.82 Å². The first kappa shape index (κ1) is 13.7. The third kappa shape index (κ3) is 3.92. The molecular formula is C13H23N3OS. The lowest BCUT2D eigenvalue weighted by Gasteiger charge is -2.12. The highest BCUT2D eigenvalue weighted by atomic mass is 32.1. The SMILES string of the molecule is CC(C)(C)c1nsc(NCCOC2CCCC2)n1. The lowest BCUT2D eigenvalue weighted by atomic mass is 9.96. The Hall–Kier alpha value is -0.680. The third-order valence-electron chi connectivity index (χ3n) is 3.13. The molecule has 0 saturated heterocycles. The molecule has 1 saturated carbocycles. The molecule has 1 aromatic heterocycles. The highest BCUT2D eigenvalue weighted by molar-refractivity contribution is 7.09. The summed E-state index contributed by atoms with van der Waals surface area (Å²) < 4.78 is 10.2. The molecule has 0 amide bonds. The molecule has 18 heavy (non-hydrogen) atoms. The fourth-order valence-corrected chi connectivity index (χ4v) is 2.82. The zero-order chi connectivity index (χ0) is 13.0. The van der Waals surface area contributed by atoms with E-state index in [-0.39, 0.29) is 5.41 Å². The van der Waals surface area contributed by atoms with Crippen molar-refractivity contribution in [1.82, 2.24) is 9.36 Å². The molecule has 4 nitrogen and oxygen atoms in total. The molecule has 1 aliphatic carbocycles. The summed E-state index contributed by atoms with van der Waals surface area (Å²) in [5.74, 6) is 0.909. The van der Waals surface area contributed by atoms with Crippen molar-refractivity contribution in [3.8, 4) is 0 Å². The van der Waals surface area contributed by atoms with Gasteiger partial charge in [-0.3, -0.25) is 0 Å². The van der Waals surface area contributed by atoms with E-state index in [0.717, 1.165) is 24.1 Å². The maximum absolute atomic E-state index is 5.79. The molecule has 0 bridgehead atoms. The van der Waals surface area contributed by atoms with Gasteiger partial charge in [0, 0.05) is 23.5 Å². The number of hydrogen-bond acceptors (Lipinski definition) is 5. The van der Waals surface area contributed by atoms with Gasteiger partial charge in [0.05, 0.1) is 12.7 Å². The quantitative estimate of drug-likeness (QED) is 0.834. The van der Waals surface area contributed by atoms with Gasteiger partial charge in [-0.2, -0.15) is 4.37 Å². The molecule has 0 aliphatic heterocycles. The van der Waals surface area contributed by atoms with Crippen LogP contribution in [0.25, 0.3) is 0 Å². The van der Waals surface area contributed by atoms with E-state index in [0.29, 0.717) is 6.10 Å². The van der Waals surface area contributed by atoms with Gasteiger partial charge in [0.2, 0.25) is 5.13 Å². The Morgan fingerprint density at radius 1 is 1.33 bits per heavy atom. The Morgan fingerprint density at radius 3 is 2.67 bits per heavy atom. The summed E-state index contributed by atoms with van der Waals surface area (Å²) >= 11 is 1.43. The molecule has 0 spiro atoms. The normalized spacial score (nSPS) is 17.3. The second-order valence-electron chi connectivity index (χ2n) is 5.88. The van der Waals surface area contributed by atoms with E-state index in [2.05, 4.69) is 35.4 Å². The highest BCUT2D eigenvalue weighted by Crippen LogP contribution is 2.23. The number of rotatable bonds is 5. The van der Waals surface area contributed by atoms with Crippen LogP contribution in [0.1, 0.15) is 52.3 Å². The Balaban J connectivity index is 1.68. The van der Waals surface area contributed by atoms with Crippen molar-refractivity contribution in [3.63, 3.8) is 0 Å². The van der Waals surface area contributed by atoms with Crippen LogP contribution in [0.3, 0.4) is 0 Å². The maximum atomic E-state index is 5.79. The summed E-state index contributed by atoms with van der Waals surface area (Å²) in [6.07, 6.45) is 5.60. The number of ether oxygens (including phenoxy) is 1. The van der Waals surface area contributed by atoms with Crippen LogP contribution in [-0.2, 0) is 10.2 Å². The van der Waals surface area contributed by atoms with Crippen molar-refractivity contribution >= 4 is 16.7 Å². The van der Waals surface area contributed by atoms with Crippen molar-refractivity contribution in [2.45, 2.75) is 58.0 Å². The van der Waals surface area contributed by atoms with E-state index >= 15 is 0 Å². The van der Waals surface area contributed by atoms with Gasteiger partial charge >= 0.3 is 0 Å². The lowest BCUT2D eigenvalue weighted by molar-refractivity contribution is 0.0659. The number of nitrogens with zero attached hydrogens (tertiary/aromatic N) is 2. The molecule has 0 radical (unpaired) electrons. The fraction of sp³-hybridized carbons (Fsp3) is 0.846. The lowest BCUT2D eigenvalue weighted by Crippen LogP contribution is -2.16. The van der Waals surface area contributed by atoms with Gasteiger partial charge in [-0.05, 0) is 12.8 Å². The Morgan fingerprint density at radius 2 is 2.06 bits per heavy atom. The maximum Gasteiger partial charge on any atom is 0.202 e. The topological polar surface area (TPSA) is 47.0 Å². The van der Waals surface area contributed by atoms with Gasteiger partial charge < -0.3 is 10.1 Å². The molecule has 0 unspecified atom stereocenters. The van der Waals surface area contributed by atoms with Crippen molar-refractivity contribution in [1.29, 1.82) is 0 Å². The van der Waals surface area contributed by atoms with Crippen LogP contribution in [0, 0.1) is 0 Å². The largest absolute Gasteiger partial charge is 0.376 e. The molecule has 1 N–H and O–H groups in total. The van der Waals surface area contributed by atoms with Crippen molar-refractivity contribution in [2.75, 3.05) is 18.5 Å². The second-order valence-corrected chi connectivity index (χ2v) is 6.63. The monoisotopic (exact) mass is 269 g/mol. The Kier molecular flexibility index (Phi) is 4.56. The first-order valence-electron chi connectivity index (χ1n) is 6.75. The number of anilines is 1. The van der Waals surface area contributed by atoms with E-state index in [9.17, 15) is 0 Å². The van der Waals surface area contributed by atoms with Crippen LogP contribution >= 0.6 is 11.5 Å². The van der Waals surface area contributed by atoms with Crippen LogP contribution in [0.2, 0.25) is 0 Å². The Bertz CT molecular complexity index is 367. The van der Waals surface area contributed by atoms with E-state index in [1.54, 1.807) is 0 Å². The Labute approximate surface area is 113 Å². The summed E-state index contributed by atoms with van der Waals surface area (Å²) in [5, 5.41) is 4.18. The number of nitrogens with one attached hydrogen (secondary N) is 1. The van der Waals surface area contributed by atoms with Gasteiger partial charge in [-0.25, -0.2) is 4.98 Å². The van der Waals surface area contributed by atoms with Crippen molar-refractivity contribution in [3.05, 3.63) is 5.82 Å². The second kappa shape index (κ2) is 5.97.